The van der Waals surface area contributed by atoms with Gasteiger partial charge in [0.2, 0.25) is 5.91 Å². The fraction of sp³-hybridized carbons (Fsp3) is 0.130. The van der Waals surface area contributed by atoms with Crippen molar-refractivity contribution >= 4 is 86.9 Å². The number of nitrogens with zero attached hydrogens (tertiary/aromatic N) is 1. The van der Waals surface area contributed by atoms with Crippen molar-refractivity contribution in [2.24, 2.45) is 5.92 Å². The molecule has 2 N–H and O–H groups in total. The number of alkyl halides is 2. The highest BCUT2D eigenvalue weighted by atomic mass is 35.5. The van der Waals surface area contributed by atoms with Crippen molar-refractivity contribution in [2.75, 3.05) is 10.6 Å². The molecule has 0 heterocycles. The van der Waals surface area contributed by atoms with Crippen LogP contribution >= 0.6 is 58.0 Å². The topological polar surface area (TPSA) is 101 Å². The van der Waals surface area contributed by atoms with E-state index >= 15 is 0 Å². The first-order valence-electron chi connectivity index (χ1n) is 9.97. The maximum atomic E-state index is 12.9. The lowest BCUT2D eigenvalue weighted by molar-refractivity contribution is -0.384. The molecule has 1 fully saturated rings. The Labute approximate surface area is 224 Å². The van der Waals surface area contributed by atoms with Crippen molar-refractivity contribution in [3.05, 3.63) is 97.0 Å². The lowest BCUT2D eigenvalue weighted by atomic mass is 10.1. The lowest BCUT2D eigenvalue weighted by Crippen LogP contribution is -2.17. The third kappa shape index (κ3) is 5.50. The van der Waals surface area contributed by atoms with Crippen LogP contribution in [0, 0.1) is 16.0 Å². The van der Waals surface area contributed by atoms with E-state index in [-0.39, 0.29) is 22.0 Å². The van der Waals surface area contributed by atoms with E-state index in [1.54, 1.807) is 24.3 Å². The molecule has 35 heavy (non-hydrogen) atoms. The van der Waals surface area contributed by atoms with Crippen LogP contribution in [0.4, 0.5) is 17.1 Å². The number of nitro groups is 1. The minimum absolute atomic E-state index is 0.141. The zero-order valence-corrected chi connectivity index (χ0v) is 21.2. The van der Waals surface area contributed by atoms with Gasteiger partial charge in [-0.15, -0.1) is 23.2 Å². The standard InChI is InChI=1S/C23H14Cl5N3O4/c24-13-7-12(8-14(25)9-13)19-20(23(19,27)28)22(33)29-15-3-6-17(26)18(10-15)30-21(32)11-1-4-16(5-2-11)31(34)35/h1-10,19-20H,(H,29,33)(H,30,32)/t19-,20+/m0/s1. The van der Waals surface area contributed by atoms with Crippen LogP contribution in [0.5, 0.6) is 0 Å². The summed E-state index contributed by atoms with van der Waals surface area (Å²) in [6, 6.07) is 14.5. The highest BCUT2D eigenvalue weighted by Crippen LogP contribution is 2.65. The van der Waals surface area contributed by atoms with Crippen LogP contribution in [0.15, 0.2) is 60.7 Å². The van der Waals surface area contributed by atoms with Gasteiger partial charge in [0.15, 0.2) is 0 Å². The van der Waals surface area contributed by atoms with E-state index in [9.17, 15) is 19.7 Å². The molecule has 12 heteroatoms. The number of hydrogen-bond donors (Lipinski definition) is 2. The van der Waals surface area contributed by atoms with E-state index in [0.29, 0.717) is 21.3 Å². The number of hydrogen-bond acceptors (Lipinski definition) is 4. The molecule has 3 aromatic carbocycles. The molecular weight excluding hydrogens is 560 g/mol. The number of nitro benzene ring substituents is 1. The second-order valence-electron chi connectivity index (χ2n) is 7.77. The number of anilines is 2. The van der Waals surface area contributed by atoms with Crippen molar-refractivity contribution in [3.8, 4) is 0 Å². The van der Waals surface area contributed by atoms with Crippen LogP contribution < -0.4 is 10.6 Å². The number of halogens is 5. The summed E-state index contributed by atoms with van der Waals surface area (Å²) < 4.78 is -1.35. The first-order valence-corrected chi connectivity index (χ1v) is 11.9. The molecule has 0 saturated heterocycles. The third-order valence-electron chi connectivity index (χ3n) is 5.40. The van der Waals surface area contributed by atoms with Crippen LogP contribution in [0.2, 0.25) is 15.1 Å². The number of carbonyl (C=O) groups excluding carboxylic acids is 2. The van der Waals surface area contributed by atoms with Crippen LogP contribution in [-0.4, -0.2) is 21.1 Å². The summed E-state index contributed by atoms with van der Waals surface area (Å²) in [4.78, 5) is 35.7. The number of non-ortho nitro benzene ring substituents is 1. The van der Waals surface area contributed by atoms with Crippen molar-refractivity contribution in [3.63, 3.8) is 0 Å². The summed E-state index contributed by atoms with van der Waals surface area (Å²) in [5.41, 5.74) is 1.26. The van der Waals surface area contributed by atoms with Gasteiger partial charge in [-0.3, -0.25) is 19.7 Å². The van der Waals surface area contributed by atoms with Crippen LogP contribution in [0.1, 0.15) is 21.8 Å². The molecule has 0 radical (unpaired) electrons. The molecular formula is C23H14Cl5N3O4. The van der Waals surface area contributed by atoms with E-state index < -0.39 is 32.9 Å². The molecule has 0 aliphatic heterocycles. The molecule has 1 aliphatic rings. The molecule has 0 spiro atoms. The molecule has 2 atom stereocenters. The maximum absolute atomic E-state index is 12.9. The molecule has 0 bridgehead atoms. The average Bonchev–Trinajstić information content (AvgIpc) is 3.37. The summed E-state index contributed by atoms with van der Waals surface area (Å²) in [7, 11) is 0. The molecule has 7 nitrogen and oxygen atoms in total. The Balaban J connectivity index is 1.48. The van der Waals surface area contributed by atoms with Gasteiger partial charge in [-0.25, -0.2) is 0 Å². The van der Waals surface area contributed by atoms with Crippen LogP contribution in [0.3, 0.4) is 0 Å². The van der Waals surface area contributed by atoms with E-state index in [1.165, 1.54) is 36.4 Å². The fourth-order valence-corrected chi connectivity index (χ4v) is 5.21. The molecule has 1 aliphatic carbocycles. The van der Waals surface area contributed by atoms with Crippen molar-refractivity contribution < 1.29 is 14.5 Å². The van der Waals surface area contributed by atoms with E-state index in [4.69, 9.17) is 58.0 Å². The summed E-state index contributed by atoms with van der Waals surface area (Å²) >= 11 is 31.1. The molecule has 4 rings (SSSR count). The summed E-state index contributed by atoms with van der Waals surface area (Å²) in [6.45, 7) is 0. The molecule has 180 valence electrons. The SMILES string of the molecule is O=C(Nc1cc(NC(=O)[C@H]2[C@H](c3cc(Cl)cc(Cl)c3)C2(Cl)Cl)ccc1Cl)c1ccc([N+](=O)[O-])cc1. The van der Waals surface area contributed by atoms with E-state index in [0.717, 1.165) is 0 Å². The average molecular weight is 574 g/mol. The highest BCUT2D eigenvalue weighted by molar-refractivity contribution is 6.53. The van der Waals surface area contributed by atoms with Crippen molar-refractivity contribution in [2.45, 2.75) is 10.3 Å². The molecule has 0 unspecified atom stereocenters. The number of benzene rings is 3. The predicted molar refractivity (Wildman–Crippen MR) is 138 cm³/mol. The first-order chi connectivity index (χ1) is 16.5. The number of rotatable bonds is 6. The van der Waals surface area contributed by atoms with Crippen molar-refractivity contribution in [1.82, 2.24) is 0 Å². The summed E-state index contributed by atoms with van der Waals surface area (Å²) in [5, 5.41) is 17.2. The second kappa shape index (κ2) is 9.84. The minimum atomic E-state index is -1.35. The molecule has 2 amide bonds. The lowest BCUT2D eigenvalue weighted by Gasteiger charge is -2.11. The molecule has 0 aromatic heterocycles. The van der Waals surface area contributed by atoms with Gasteiger partial charge in [-0.2, -0.15) is 0 Å². The van der Waals surface area contributed by atoms with Gasteiger partial charge in [0.1, 0.15) is 4.33 Å². The van der Waals surface area contributed by atoms with Gasteiger partial charge in [0, 0.05) is 39.3 Å². The summed E-state index contributed by atoms with van der Waals surface area (Å²) in [5.74, 6) is -2.26. The number of amides is 2. The van der Waals surface area contributed by atoms with E-state index in [2.05, 4.69) is 10.6 Å². The van der Waals surface area contributed by atoms with Crippen molar-refractivity contribution in [1.29, 1.82) is 0 Å². The van der Waals surface area contributed by atoms with E-state index in [1.807, 2.05) is 0 Å². The Bertz CT molecular complexity index is 1330. The fourth-order valence-electron chi connectivity index (χ4n) is 3.67. The first kappa shape index (κ1) is 25.5. The van der Waals surface area contributed by atoms with Gasteiger partial charge in [-0.05, 0) is 54.1 Å². The summed E-state index contributed by atoms with van der Waals surface area (Å²) in [6.07, 6.45) is 0. The Morgan fingerprint density at radius 2 is 1.51 bits per heavy atom. The quantitative estimate of drug-likeness (QED) is 0.183. The number of nitrogens with one attached hydrogen (secondary N) is 2. The smallest absolute Gasteiger partial charge is 0.269 e. The largest absolute Gasteiger partial charge is 0.326 e. The Hall–Kier alpha value is -2.55. The van der Waals surface area contributed by atoms with Crippen LogP contribution in [0.25, 0.3) is 0 Å². The monoisotopic (exact) mass is 571 g/mol. The van der Waals surface area contributed by atoms with Gasteiger partial charge in [0.25, 0.3) is 11.6 Å². The molecule has 1 saturated carbocycles. The van der Waals surface area contributed by atoms with Gasteiger partial charge in [-0.1, -0.05) is 34.8 Å². The minimum Gasteiger partial charge on any atom is -0.326 e. The maximum Gasteiger partial charge on any atom is 0.269 e. The predicted octanol–water partition coefficient (Wildman–Crippen LogP) is 7.33. The third-order valence-corrected chi connectivity index (χ3v) is 7.11. The van der Waals surface area contributed by atoms with Gasteiger partial charge in [0.05, 0.1) is 21.6 Å². The zero-order chi connectivity index (χ0) is 25.5. The van der Waals surface area contributed by atoms with Gasteiger partial charge < -0.3 is 10.6 Å². The van der Waals surface area contributed by atoms with Crippen LogP contribution in [-0.2, 0) is 4.79 Å². The Morgan fingerprint density at radius 1 is 0.886 bits per heavy atom. The Kier molecular flexibility index (Phi) is 7.18. The van der Waals surface area contributed by atoms with Gasteiger partial charge >= 0.3 is 0 Å². The zero-order valence-electron chi connectivity index (χ0n) is 17.4. The number of carbonyl (C=O) groups is 2. The molecule has 3 aromatic rings. The Morgan fingerprint density at radius 3 is 2.11 bits per heavy atom. The second-order valence-corrected chi connectivity index (χ2v) is 10.5. The highest BCUT2D eigenvalue weighted by Gasteiger charge is 2.67. The normalized spacial score (nSPS) is 18.0.